The van der Waals surface area contributed by atoms with Gasteiger partial charge in [0, 0.05) is 23.9 Å². The lowest BCUT2D eigenvalue weighted by Gasteiger charge is -2.06. The second kappa shape index (κ2) is 7.81. The predicted molar refractivity (Wildman–Crippen MR) is 123 cm³/mol. The molecule has 1 amide bonds. The molecule has 8 heteroatoms. The first-order valence-electron chi connectivity index (χ1n) is 9.87. The Balaban J connectivity index is 1.36. The van der Waals surface area contributed by atoms with Crippen molar-refractivity contribution in [2.24, 2.45) is 0 Å². The highest BCUT2D eigenvalue weighted by molar-refractivity contribution is 7.17. The van der Waals surface area contributed by atoms with Gasteiger partial charge in [0.1, 0.15) is 4.83 Å². The lowest BCUT2D eigenvalue weighted by Crippen LogP contribution is -2.23. The number of aromatic amines is 1. The van der Waals surface area contributed by atoms with Gasteiger partial charge in [0.05, 0.1) is 22.7 Å². The molecule has 5 aromatic rings. The lowest BCUT2D eigenvalue weighted by molar-refractivity contribution is -0.116. The summed E-state index contributed by atoms with van der Waals surface area (Å²) in [5.74, 6) is 0.168. The number of nitrogens with one attached hydrogen (secondary N) is 2. The Bertz CT molecular complexity index is 1430. The molecule has 5 rings (SSSR count). The second-order valence-corrected chi connectivity index (χ2v) is 8.20. The Hall–Kier alpha value is -3.78. The van der Waals surface area contributed by atoms with E-state index in [1.807, 2.05) is 60.8 Å². The van der Waals surface area contributed by atoms with Crippen molar-refractivity contribution in [1.82, 2.24) is 19.5 Å². The minimum Gasteiger partial charge on any atom is -0.324 e. The van der Waals surface area contributed by atoms with Crippen molar-refractivity contribution in [3.05, 3.63) is 76.2 Å². The van der Waals surface area contributed by atoms with Gasteiger partial charge in [-0.1, -0.05) is 42.0 Å². The van der Waals surface area contributed by atoms with E-state index in [-0.39, 0.29) is 24.4 Å². The van der Waals surface area contributed by atoms with Crippen molar-refractivity contribution in [1.29, 1.82) is 0 Å². The Labute approximate surface area is 181 Å². The number of imidazole rings is 1. The van der Waals surface area contributed by atoms with Gasteiger partial charge in [0.25, 0.3) is 5.56 Å². The van der Waals surface area contributed by atoms with Gasteiger partial charge >= 0.3 is 0 Å². The Kier molecular flexibility index (Phi) is 4.83. The van der Waals surface area contributed by atoms with E-state index < -0.39 is 0 Å². The summed E-state index contributed by atoms with van der Waals surface area (Å²) in [5.41, 5.74) is 4.51. The minimum absolute atomic E-state index is 0.133. The van der Waals surface area contributed by atoms with Crippen molar-refractivity contribution in [2.75, 3.05) is 5.32 Å². The van der Waals surface area contributed by atoms with Crippen molar-refractivity contribution in [3.8, 4) is 11.1 Å². The van der Waals surface area contributed by atoms with E-state index in [0.29, 0.717) is 16.2 Å². The van der Waals surface area contributed by atoms with E-state index in [1.165, 1.54) is 22.2 Å². The predicted octanol–water partition coefficient (Wildman–Crippen LogP) is 4.34. The van der Waals surface area contributed by atoms with Gasteiger partial charge in [-0.3, -0.25) is 19.5 Å². The molecule has 0 aliphatic carbocycles. The zero-order chi connectivity index (χ0) is 21.4. The number of hydrogen-bond acceptors (Lipinski definition) is 5. The zero-order valence-electron chi connectivity index (χ0n) is 16.8. The number of benzene rings is 2. The highest BCUT2D eigenvalue weighted by Gasteiger charge is 2.14. The van der Waals surface area contributed by atoms with E-state index >= 15 is 0 Å². The SMILES string of the molecule is Cc1ccc(-c2csc3ncn(CCC(=O)Nc4nc5ccccc5[nH]4)c(=O)c23)cc1. The summed E-state index contributed by atoms with van der Waals surface area (Å²) in [6.45, 7) is 2.26. The van der Waals surface area contributed by atoms with E-state index in [1.54, 1.807) is 0 Å². The number of rotatable bonds is 5. The molecule has 0 radical (unpaired) electrons. The third kappa shape index (κ3) is 3.73. The van der Waals surface area contributed by atoms with Crippen LogP contribution in [-0.4, -0.2) is 25.4 Å². The first-order chi connectivity index (χ1) is 15.1. The summed E-state index contributed by atoms with van der Waals surface area (Å²) in [4.78, 5) is 38.1. The lowest BCUT2D eigenvalue weighted by atomic mass is 10.1. The summed E-state index contributed by atoms with van der Waals surface area (Å²) < 4.78 is 1.49. The van der Waals surface area contributed by atoms with Crippen LogP contribution in [0.3, 0.4) is 0 Å². The molecular weight excluding hydrogens is 410 g/mol. The maximum atomic E-state index is 13.1. The molecule has 3 aromatic heterocycles. The van der Waals surface area contributed by atoms with Crippen LogP contribution < -0.4 is 10.9 Å². The minimum atomic E-state index is -0.227. The molecule has 3 heterocycles. The molecule has 7 nitrogen and oxygen atoms in total. The number of fused-ring (bicyclic) bond motifs is 2. The van der Waals surface area contributed by atoms with Gasteiger partial charge < -0.3 is 4.98 Å². The van der Waals surface area contributed by atoms with E-state index in [2.05, 4.69) is 20.3 Å². The third-order valence-electron chi connectivity index (χ3n) is 5.15. The molecule has 0 unspecified atom stereocenters. The molecule has 0 bridgehead atoms. The largest absolute Gasteiger partial charge is 0.324 e. The number of carbonyl (C=O) groups is 1. The number of H-pyrrole nitrogens is 1. The van der Waals surface area contributed by atoms with Crippen molar-refractivity contribution < 1.29 is 4.79 Å². The van der Waals surface area contributed by atoms with Gasteiger partial charge in [-0.05, 0) is 24.6 Å². The van der Waals surface area contributed by atoms with Gasteiger partial charge in [0.15, 0.2) is 0 Å². The molecule has 154 valence electrons. The molecule has 31 heavy (non-hydrogen) atoms. The molecule has 0 aliphatic rings. The number of nitrogens with zero attached hydrogens (tertiary/aromatic N) is 3. The van der Waals surface area contributed by atoms with Crippen molar-refractivity contribution in [2.45, 2.75) is 19.9 Å². The molecule has 0 aliphatic heterocycles. The summed E-state index contributed by atoms with van der Waals surface area (Å²) in [6, 6.07) is 15.6. The number of thiophene rings is 1. The van der Waals surface area contributed by atoms with Crippen LogP contribution in [0.2, 0.25) is 0 Å². The molecular formula is C23H19N5O2S. The molecule has 0 fully saturated rings. The number of anilines is 1. The van der Waals surface area contributed by atoms with Crippen LogP contribution in [0.1, 0.15) is 12.0 Å². The molecule has 2 aromatic carbocycles. The summed E-state index contributed by atoms with van der Waals surface area (Å²) in [6.07, 6.45) is 1.64. The van der Waals surface area contributed by atoms with Crippen LogP contribution in [0.5, 0.6) is 0 Å². The summed E-state index contributed by atoms with van der Waals surface area (Å²) in [7, 11) is 0. The summed E-state index contributed by atoms with van der Waals surface area (Å²) >= 11 is 1.45. The molecule has 0 saturated heterocycles. The zero-order valence-corrected chi connectivity index (χ0v) is 17.6. The summed E-state index contributed by atoms with van der Waals surface area (Å²) in [5, 5.41) is 5.31. The van der Waals surface area contributed by atoms with Crippen LogP contribution in [0.25, 0.3) is 32.4 Å². The van der Waals surface area contributed by atoms with Crippen LogP contribution >= 0.6 is 11.3 Å². The van der Waals surface area contributed by atoms with Gasteiger partial charge in [0.2, 0.25) is 11.9 Å². The van der Waals surface area contributed by atoms with Crippen LogP contribution in [-0.2, 0) is 11.3 Å². The first-order valence-corrected chi connectivity index (χ1v) is 10.7. The molecule has 2 N–H and O–H groups in total. The van der Waals surface area contributed by atoms with Gasteiger partial charge in [-0.2, -0.15) is 0 Å². The molecule has 0 atom stereocenters. The fourth-order valence-corrected chi connectivity index (χ4v) is 4.41. The normalized spacial score (nSPS) is 11.3. The number of amides is 1. The average molecular weight is 430 g/mol. The first kappa shape index (κ1) is 19.2. The number of carbonyl (C=O) groups excluding carboxylic acids is 1. The average Bonchev–Trinajstić information content (AvgIpc) is 3.38. The smallest absolute Gasteiger partial charge is 0.262 e. The van der Waals surface area contributed by atoms with Crippen LogP contribution in [0.4, 0.5) is 5.95 Å². The van der Waals surface area contributed by atoms with Crippen molar-refractivity contribution >= 4 is 44.4 Å². The number of hydrogen-bond donors (Lipinski definition) is 2. The Morgan fingerprint density at radius 1 is 1.16 bits per heavy atom. The Morgan fingerprint density at radius 3 is 2.77 bits per heavy atom. The van der Waals surface area contributed by atoms with E-state index in [9.17, 15) is 9.59 Å². The van der Waals surface area contributed by atoms with Gasteiger partial charge in [-0.25, -0.2) is 9.97 Å². The monoisotopic (exact) mass is 429 g/mol. The van der Waals surface area contributed by atoms with Crippen LogP contribution in [0, 0.1) is 6.92 Å². The fourth-order valence-electron chi connectivity index (χ4n) is 3.50. The topological polar surface area (TPSA) is 92.7 Å². The fraction of sp³-hybridized carbons (Fsp3) is 0.130. The van der Waals surface area contributed by atoms with E-state index in [0.717, 1.165) is 27.7 Å². The molecule has 0 spiro atoms. The van der Waals surface area contributed by atoms with Gasteiger partial charge in [-0.15, -0.1) is 11.3 Å². The second-order valence-electron chi connectivity index (χ2n) is 7.34. The van der Waals surface area contributed by atoms with E-state index in [4.69, 9.17) is 0 Å². The van der Waals surface area contributed by atoms with Crippen molar-refractivity contribution in [3.63, 3.8) is 0 Å². The number of aromatic nitrogens is 4. The third-order valence-corrected chi connectivity index (χ3v) is 6.04. The van der Waals surface area contributed by atoms with Crippen LogP contribution in [0.15, 0.2) is 65.0 Å². The maximum Gasteiger partial charge on any atom is 0.262 e. The molecule has 0 saturated carbocycles. The number of aryl methyl sites for hydroxylation is 2. The highest BCUT2D eigenvalue weighted by atomic mass is 32.1. The highest BCUT2D eigenvalue weighted by Crippen LogP contribution is 2.30. The quantitative estimate of drug-likeness (QED) is 0.435. The maximum absolute atomic E-state index is 13.1. The number of para-hydroxylation sites is 2. The standard InChI is InChI=1S/C23H19N5O2S/c1-14-6-8-15(9-7-14)16-12-31-21-20(16)22(30)28(13-24-21)11-10-19(29)27-23-25-17-4-2-3-5-18(17)26-23/h2-9,12-13H,10-11H2,1H3,(H2,25,26,27,29). The Morgan fingerprint density at radius 2 is 1.97 bits per heavy atom.